The van der Waals surface area contributed by atoms with E-state index in [9.17, 15) is 19.5 Å². The summed E-state index contributed by atoms with van der Waals surface area (Å²) in [6, 6.07) is 12.7. The van der Waals surface area contributed by atoms with E-state index in [1.807, 2.05) is 23.6 Å². The summed E-state index contributed by atoms with van der Waals surface area (Å²) < 4.78 is 1.87. The smallest absolute Gasteiger partial charge is 0.261 e. The van der Waals surface area contributed by atoms with Gasteiger partial charge in [-0.1, -0.05) is 23.8 Å². The maximum Gasteiger partial charge on any atom is 0.261 e. The average Bonchev–Trinajstić information content (AvgIpc) is 3.16. The van der Waals surface area contributed by atoms with Gasteiger partial charge in [-0.05, 0) is 49.6 Å². The fourth-order valence-electron chi connectivity index (χ4n) is 4.73. The minimum absolute atomic E-state index is 0.0815. The summed E-state index contributed by atoms with van der Waals surface area (Å²) in [4.78, 5) is 39.0. The Morgan fingerprint density at radius 1 is 0.967 bits per heavy atom. The second kappa shape index (κ2) is 6.92. The lowest BCUT2D eigenvalue weighted by atomic mass is 9.94. The third-order valence-corrected chi connectivity index (χ3v) is 6.08. The summed E-state index contributed by atoms with van der Waals surface area (Å²) in [5.41, 5.74) is 4.45. The number of hydrogen-bond donors (Lipinski definition) is 1. The number of rotatable bonds is 4. The Kier molecular flexibility index (Phi) is 4.33. The first-order valence-electron chi connectivity index (χ1n) is 10.2. The summed E-state index contributed by atoms with van der Waals surface area (Å²) >= 11 is 0. The molecule has 152 valence electrons. The Balaban J connectivity index is 1.47. The van der Waals surface area contributed by atoms with E-state index in [1.165, 1.54) is 0 Å². The summed E-state index contributed by atoms with van der Waals surface area (Å²) in [5.74, 6) is -0.695. The molecule has 1 atom stereocenters. The Hall–Kier alpha value is -3.25. The number of hydrogen-bond acceptors (Lipinski definition) is 4. The van der Waals surface area contributed by atoms with Gasteiger partial charge in [0.25, 0.3) is 11.8 Å². The number of aliphatic hydroxyl groups excluding tert-OH is 1. The predicted octanol–water partition coefficient (Wildman–Crippen LogP) is 3.13. The maximum atomic E-state index is 12.7. The first-order valence-corrected chi connectivity index (χ1v) is 10.2. The Labute approximate surface area is 173 Å². The van der Waals surface area contributed by atoms with Gasteiger partial charge in [0, 0.05) is 17.3 Å². The van der Waals surface area contributed by atoms with Gasteiger partial charge >= 0.3 is 0 Å². The molecule has 2 aliphatic rings. The number of carbonyl (C=O) groups excluding carboxylic acids is 3. The molecule has 30 heavy (non-hydrogen) atoms. The van der Waals surface area contributed by atoms with Gasteiger partial charge in [0.2, 0.25) is 0 Å². The van der Waals surface area contributed by atoms with Crippen molar-refractivity contribution < 1.29 is 19.5 Å². The van der Waals surface area contributed by atoms with Crippen molar-refractivity contribution >= 4 is 28.5 Å². The second-order valence-corrected chi connectivity index (χ2v) is 8.16. The van der Waals surface area contributed by atoms with Crippen molar-refractivity contribution in [3.63, 3.8) is 0 Å². The van der Waals surface area contributed by atoms with Crippen LogP contribution in [0.25, 0.3) is 10.9 Å². The molecule has 0 saturated carbocycles. The Morgan fingerprint density at radius 2 is 1.67 bits per heavy atom. The number of benzene rings is 2. The largest absolute Gasteiger partial charge is 0.389 e. The normalized spacial score (nSPS) is 16.9. The molecule has 0 bridgehead atoms. The first-order chi connectivity index (χ1) is 14.5. The van der Waals surface area contributed by atoms with Crippen molar-refractivity contribution in [1.29, 1.82) is 0 Å². The number of amides is 2. The van der Waals surface area contributed by atoms with Crippen LogP contribution in [0.15, 0.2) is 42.5 Å². The molecule has 0 spiro atoms. The molecule has 0 radical (unpaired) electrons. The van der Waals surface area contributed by atoms with E-state index in [-0.39, 0.29) is 30.7 Å². The van der Waals surface area contributed by atoms with Gasteiger partial charge in [0.05, 0.1) is 36.0 Å². The molecule has 1 unspecified atom stereocenters. The zero-order valence-corrected chi connectivity index (χ0v) is 16.7. The molecular weight excluding hydrogens is 380 g/mol. The molecule has 0 saturated heterocycles. The van der Waals surface area contributed by atoms with Crippen LogP contribution in [0.5, 0.6) is 0 Å². The van der Waals surface area contributed by atoms with Crippen molar-refractivity contribution in [1.82, 2.24) is 9.47 Å². The minimum atomic E-state index is -0.983. The van der Waals surface area contributed by atoms with Crippen LogP contribution < -0.4 is 0 Å². The van der Waals surface area contributed by atoms with Gasteiger partial charge in [-0.3, -0.25) is 19.3 Å². The van der Waals surface area contributed by atoms with Crippen LogP contribution in [0.3, 0.4) is 0 Å². The number of nitrogens with zero attached hydrogens (tertiary/aromatic N) is 2. The molecule has 2 amide bonds. The van der Waals surface area contributed by atoms with Crippen molar-refractivity contribution in [2.24, 2.45) is 0 Å². The van der Waals surface area contributed by atoms with Crippen LogP contribution in [0.4, 0.5) is 0 Å². The van der Waals surface area contributed by atoms with Gasteiger partial charge in [-0.15, -0.1) is 0 Å². The highest BCUT2D eigenvalue weighted by Crippen LogP contribution is 2.33. The topological polar surface area (TPSA) is 79.6 Å². The molecule has 3 aromatic rings. The summed E-state index contributed by atoms with van der Waals surface area (Å²) in [5, 5.41) is 11.9. The van der Waals surface area contributed by atoms with Crippen LogP contribution in [0, 0.1) is 6.92 Å². The number of imide groups is 1. The lowest BCUT2D eigenvalue weighted by Gasteiger charge is -2.21. The molecule has 6 nitrogen and oxygen atoms in total. The molecule has 1 aliphatic heterocycles. The van der Waals surface area contributed by atoms with Gasteiger partial charge < -0.3 is 9.67 Å². The maximum absolute atomic E-state index is 12.7. The number of carbonyl (C=O) groups is 3. The molecule has 0 fully saturated rings. The third kappa shape index (κ3) is 2.79. The van der Waals surface area contributed by atoms with E-state index in [1.54, 1.807) is 24.3 Å². The fourth-order valence-corrected chi connectivity index (χ4v) is 4.73. The molecule has 2 heterocycles. The lowest BCUT2D eigenvalue weighted by Crippen LogP contribution is -2.39. The quantitative estimate of drug-likeness (QED) is 0.680. The number of β-amino-alcohol motifs (C(OH)–C–C–N with tert-alkyl or cyclic N) is 1. The number of aryl methyl sites for hydroxylation is 2. The van der Waals surface area contributed by atoms with E-state index in [0.29, 0.717) is 23.2 Å². The number of aromatic nitrogens is 1. The van der Waals surface area contributed by atoms with Crippen LogP contribution in [0.2, 0.25) is 0 Å². The Bertz CT molecular complexity index is 1190. The molecule has 1 aliphatic carbocycles. The SMILES string of the molecule is Cc1ccc2c(c1)c1c(n2CC(O)CN2C(=O)c3ccccc3C2=O)C(=O)CCC1. The molecule has 1 N–H and O–H groups in total. The summed E-state index contributed by atoms with van der Waals surface area (Å²) in [6.07, 6.45) is 1.18. The highest BCUT2D eigenvalue weighted by atomic mass is 16.3. The lowest BCUT2D eigenvalue weighted by molar-refractivity contribution is 0.0520. The van der Waals surface area contributed by atoms with Crippen LogP contribution in [0.1, 0.15) is 55.2 Å². The number of fused-ring (bicyclic) bond motifs is 4. The van der Waals surface area contributed by atoms with E-state index in [2.05, 4.69) is 6.07 Å². The molecule has 6 heteroatoms. The molecule has 1 aromatic heterocycles. The van der Waals surface area contributed by atoms with Crippen LogP contribution in [-0.4, -0.2) is 44.8 Å². The molecule has 5 rings (SSSR count). The van der Waals surface area contributed by atoms with Crippen molar-refractivity contribution in [2.75, 3.05) is 6.54 Å². The summed E-state index contributed by atoms with van der Waals surface area (Å²) in [6.45, 7) is 2.06. The zero-order chi connectivity index (χ0) is 21.0. The van der Waals surface area contributed by atoms with Gasteiger partial charge in [-0.25, -0.2) is 0 Å². The van der Waals surface area contributed by atoms with Crippen LogP contribution >= 0.6 is 0 Å². The molecule has 2 aromatic carbocycles. The summed E-state index contributed by atoms with van der Waals surface area (Å²) in [7, 11) is 0. The fraction of sp³-hybridized carbons (Fsp3) is 0.292. The standard InChI is InChI=1S/C24H22N2O4/c1-14-9-10-20-19(11-14)16-7-4-8-21(28)22(16)25(20)12-15(27)13-26-23(29)17-5-2-3-6-18(17)24(26)30/h2-3,5-6,9-11,15,27H,4,7-8,12-13H2,1H3. The van der Waals surface area contributed by atoms with E-state index >= 15 is 0 Å². The van der Waals surface area contributed by atoms with E-state index < -0.39 is 6.10 Å². The highest BCUT2D eigenvalue weighted by molar-refractivity contribution is 6.21. The predicted molar refractivity (Wildman–Crippen MR) is 112 cm³/mol. The van der Waals surface area contributed by atoms with Gasteiger partial charge in [-0.2, -0.15) is 0 Å². The third-order valence-electron chi connectivity index (χ3n) is 6.08. The van der Waals surface area contributed by atoms with E-state index in [0.717, 1.165) is 39.8 Å². The second-order valence-electron chi connectivity index (χ2n) is 8.16. The average molecular weight is 402 g/mol. The van der Waals surface area contributed by atoms with Crippen molar-refractivity contribution in [2.45, 2.75) is 38.8 Å². The number of ketones is 1. The zero-order valence-electron chi connectivity index (χ0n) is 16.7. The van der Waals surface area contributed by atoms with Crippen LogP contribution in [-0.2, 0) is 13.0 Å². The Morgan fingerprint density at radius 3 is 2.37 bits per heavy atom. The van der Waals surface area contributed by atoms with E-state index in [4.69, 9.17) is 0 Å². The highest BCUT2D eigenvalue weighted by Gasteiger charge is 2.36. The monoisotopic (exact) mass is 402 g/mol. The number of aliphatic hydroxyl groups is 1. The first kappa shape index (κ1) is 18.8. The van der Waals surface area contributed by atoms with Crippen molar-refractivity contribution in [3.8, 4) is 0 Å². The molecular formula is C24H22N2O4. The van der Waals surface area contributed by atoms with Gasteiger partial charge in [0.1, 0.15) is 0 Å². The minimum Gasteiger partial charge on any atom is -0.389 e. The number of Topliss-reactive ketones (excluding diaryl/α,β-unsaturated/α-hetero) is 1. The van der Waals surface area contributed by atoms with Gasteiger partial charge in [0.15, 0.2) is 5.78 Å². The van der Waals surface area contributed by atoms with Crippen molar-refractivity contribution in [3.05, 3.63) is 70.4 Å².